The molecule has 0 radical (unpaired) electrons. The lowest BCUT2D eigenvalue weighted by Crippen LogP contribution is -2.53. The molecule has 8 rings (SSSR count). The Kier molecular flexibility index (Phi) is 7.50. The molecule has 4 aromatic rings. The van der Waals surface area contributed by atoms with Gasteiger partial charge in [0.1, 0.15) is 5.75 Å². The molecule has 3 fully saturated rings. The lowest BCUT2D eigenvalue weighted by Gasteiger charge is -2.50. The van der Waals surface area contributed by atoms with Crippen LogP contribution in [0.3, 0.4) is 0 Å². The van der Waals surface area contributed by atoms with E-state index in [2.05, 4.69) is 10.4 Å². The number of carbonyl (C=O) groups excluding carboxylic acids is 4. The Hall–Kier alpha value is -4.98. The summed E-state index contributed by atoms with van der Waals surface area (Å²) in [7, 11) is 0. The van der Waals surface area contributed by atoms with Crippen molar-refractivity contribution in [1.82, 2.24) is 15.1 Å². The molecule has 51 heavy (non-hydrogen) atoms. The van der Waals surface area contributed by atoms with Crippen molar-refractivity contribution >= 4 is 63.4 Å². The number of allylic oxidation sites excluding steroid dienone is 2. The van der Waals surface area contributed by atoms with E-state index in [9.17, 15) is 37.9 Å². The van der Waals surface area contributed by atoms with Crippen molar-refractivity contribution in [3.63, 3.8) is 0 Å². The molecule has 6 unspecified atom stereocenters. The van der Waals surface area contributed by atoms with Gasteiger partial charge in [0.15, 0.2) is 5.82 Å². The van der Waals surface area contributed by atoms with E-state index in [4.69, 9.17) is 23.2 Å². The number of aromatic nitrogens is 1. The number of nitrogens with one attached hydrogen (secondary N) is 1. The summed E-state index contributed by atoms with van der Waals surface area (Å²) in [5, 5.41) is 24.1. The third-order valence-electron chi connectivity index (χ3n) is 10.8. The summed E-state index contributed by atoms with van der Waals surface area (Å²) in [5.41, 5.74) is 0.699. The summed E-state index contributed by atoms with van der Waals surface area (Å²) in [4.78, 5) is 60.0. The molecule has 2 aliphatic heterocycles. The molecule has 3 heterocycles. The Labute approximate surface area is 297 Å². The minimum atomic E-state index is -4.76. The van der Waals surface area contributed by atoms with Crippen LogP contribution in [-0.4, -0.2) is 49.0 Å². The van der Waals surface area contributed by atoms with Crippen LogP contribution in [0.1, 0.15) is 35.4 Å². The number of phenols is 1. The Morgan fingerprint density at radius 3 is 2.35 bits per heavy atom. The number of pyridine rings is 1. The average molecular weight is 738 g/mol. The zero-order valence-corrected chi connectivity index (χ0v) is 27.6. The van der Waals surface area contributed by atoms with Crippen molar-refractivity contribution in [2.45, 2.75) is 30.4 Å². The molecule has 15 heteroatoms. The number of aromatic hydroxyl groups is 1. The van der Waals surface area contributed by atoms with Crippen LogP contribution in [0.2, 0.25) is 10.0 Å². The molecule has 3 aromatic carbocycles. The highest BCUT2D eigenvalue weighted by atomic mass is 35.5. The Balaban J connectivity index is 1.37. The second-order valence-corrected chi connectivity index (χ2v) is 14.0. The summed E-state index contributed by atoms with van der Waals surface area (Å²) < 4.78 is 40.2. The highest BCUT2D eigenvalue weighted by molar-refractivity contribution is 6.33. The number of hydrogen-bond acceptors (Lipinski definition) is 8. The fraction of sp³-hybridized carbons (Fsp3) is 0.250. The van der Waals surface area contributed by atoms with Crippen molar-refractivity contribution in [1.29, 1.82) is 0 Å². The van der Waals surface area contributed by atoms with Gasteiger partial charge in [0.25, 0.3) is 23.6 Å². The summed E-state index contributed by atoms with van der Waals surface area (Å²) in [6, 6.07) is 17.3. The van der Waals surface area contributed by atoms with Crippen molar-refractivity contribution in [3.8, 4) is 5.75 Å². The van der Waals surface area contributed by atoms with E-state index in [0.29, 0.717) is 44.2 Å². The zero-order valence-electron chi connectivity index (χ0n) is 26.1. The van der Waals surface area contributed by atoms with Crippen LogP contribution >= 0.6 is 23.2 Å². The number of hydrazine groups is 1. The van der Waals surface area contributed by atoms with Gasteiger partial charge in [-0.2, -0.15) is 23.2 Å². The first kappa shape index (κ1) is 33.2. The Morgan fingerprint density at radius 1 is 0.922 bits per heavy atom. The molecule has 260 valence electrons. The number of amides is 4. The molecule has 1 aromatic heterocycles. The summed E-state index contributed by atoms with van der Waals surface area (Å²) in [6.07, 6.45) is -2.60. The van der Waals surface area contributed by atoms with Crippen molar-refractivity contribution in [2.24, 2.45) is 23.7 Å². The van der Waals surface area contributed by atoms with Crippen LogP contribution in [0.25, 0.3) is 10.8 Å². The number of benzene rings is 3. The van der Waals surface area contributed by atoms with Gasteiger partial charge in [-0.05, 0) is 47.9 Å². The number of carbonyl (C=O) groups is 4. The first-order chi connectivity index (χ1) is 24.2. The third-order valence-corrected chi connectivity index (χ3v) is 11.3. The van der Waals surface area contributed by atoms with E-state index in [1.165, 1.54) is 0 Å². The van der Waals surface area contributed by atoms with Gasteiger partial charge in [-0.25, -0.2) is 4.98 Å². The first-order valence-electron chi connectivity index (χ1n) is 15.9. The number of phenolic OH excluding ortho intramolecular Hbond substituents is 1. The van der Waals surface area contributed by atoms with Gasteiger partial charge in [-0.1, -0.05) is 83.4 Å². The number of hydrogen-bond donors (Lipinski definition) is 3. The predicted molar refractivity (Wildman–Crippen MR) is 176 cm³/mol. The number of alkyl halides is 3. The second kappa shape index (κ2) is 11.5. The van der Waals surface area contributed by atoms with Crippen LogP contribution in [0.15, 0.2) is 84.6 Å². The largest absolute Gasteiger partial charge is 0.507 e. The summed E-state index contributed by atoms with van der Waals surface area (Å²) >= 11 is 12.5. The number of fused-ring (bicyclic) bond motifs is 5. The number of hydroxylamine groups is 2. The Bertz CT molecular complexity index is 2230. The van der Waals surface area contributed by atoms with Gasteiger partial charge in [0.2, 0.25) is 0 Å². The fourth-order valence-electron chi connectivity index (χ4n) is 8.62. The highest BCUT2D eigenvalue weighted by Gasteiger charge is 2.70. The maximum Gasteiger partial charge on any atom is 0.417 e. The van der Waals surface area contributed by atoms with Crippen molar-refractivity contribution < 1.29 is 42.7 Å². The molecular weight excluding hydrogens is 712 g/mol. The van der Waals surface area contributed by atoms with E-state index in [1.807, 2.05) is 0 Å². The van der Waals surface area contributed by atoms with E-state index in [0.717, 1.165) is 0 Å². The lowest BCUT2D eigenvalue weighted by atomic mass is 9.49. The van der Waals surface area contributed by atoms with Crippen molar-refractivity contribution in [3.05, 3.63) is 111 Å². The zero-order chi connectivity index (χ0) is 36.1. The number of halogens is 5. The molecule has 4 aliphatic rings. The van der Waals surface area contributed by atoms with Crippen LogP contribution < -0.4 is 5.43 Å². The first-order valence-corrected chi connectivity index (χ1v) is 16.6. The SMILES string of the molecule is O=C1C2CC=C3C(CC4C(=O)N(Nc5ncc(C(F)(F)F)cc5Cl)C(=O)C4(c4ccc(Cl)cc4)C3c3ccc4ccccc4c3O)C2C(=O)N1O. The quantitative estimate of drug-likeness (QED) is 0.120. The third kappa shape index (κ3) is 4.71. The smallest absolute Gasteiger partial charge is 0.417 e. The minimum Gasteiger partial charge on any atom is -0.507 e. The standard InChI is InChI=1S/C36H25Cl2F3N4O6/c37-19-8-6-17(7-9-19)35-25(32(48)44(34(35)50)43-30-26(38)13-18(15-42-30)36(39,40)41)14-24-21(11-12-22-27(24)33(49)45(51)31(22)47)28(35)23-10-5-16-3-1-2-4-20(16)29(23)46/h1-11,13,15,22,24-25,27-28,46,51H,12,14H2,(H,42,43). The maximum absolute atomic E-state index is 15.2. The monoisotopic (exact) mass is 736 g/mol. The van der Waals surface area contributed by atoms with E-state index in [1.54, 1.807) is 66.7 Å². The van der Waals surface area contributed by atoms with E-state index < -0.39 is 81.2 Å². The molecule has 4 amide bonds. The van der Waals surface area contributed by atoms with Crippen LogP contribution in [0.5, 0.6) is 5.75 Å². The van der Waals surface area contributed by atoms with Gasteiger partial charge in [-0.3, -0.25) is 29.8 Å². The molecular formula is C36H25Cl2F3N4O6. The molecule has 0 spiro atoms. The normalized spacial score (nSPS) is 27.4. The van der Waals surface area contributed by atoms with Gasteiger partial charge < -0.3 is 5.11 Å². The molecule has 0 bridgehead atoms. The maximum atomic E-state index is 15.2. The minimum absolute atomic E-state index is 0.0412. The molecule has 2 aliphatic carbocycles. The number of anilines is 1. The molecule has 2 saturated heterocycles. The molecule has 6 atom stereocenters. The van der Waals surface area contributed by atoms with Gasteiger partial charge in [0.05, 0.1) is 33.8 Å². The van der Waals surface area contributed by atoms with Gasteiger partial charge in [0, 0.05) is 28.1 Å². The van der Waals surface area contributed by atoms with Crippen molar-refractivity contribution in [2.75, 3.05) is 5.43 Å². The van der Waals surface area contributed by atoms with Gasteiger partial charge in [-0.15, -0.1) is 0 Å². The lowest BCUT2D eigenvalue weighted by molar-refractivity contribution is -0.173. The Morgan fingerprint density at radius 2 is 1.65 bits per heavy atom. The van der Waals surface area contributed by atoms with Gasteiger partial charge >= 0.3 is 6.18 Å². The number of imide groups is 2. The number of rotatable bonds is 4. The van der Waals surface area contributed by atoms with Crippen LogP contribution in [0, 0.1) is 23.7 Å². The van der Waals surface area contributed by atoms with Crippen LogP contribution in [-0.2, 0) is 30.8 Å². The highest BCUT2D eigenvalue weighted by Crippen LogP contribution is 2.65. The summed E-state index contributed by atoms with van der Waals surface area (Å²) in [5.74, 6) is -9.02. The average Bonchev–Trinajstić information content (AvgIpc) is 3.46. The van der Waals surface area contributed by atoms with E-state index in [-0.39, 0.29) is 29.2 Å². The number of nitrogens with zero attached hydrogens (tertiary/aromatic N) is 3. The second-order valence-electron chi connectivity index (χ2n) is 13.1. The topological polar surface area (TPSA) is 140 Å². The fourth-order valence-corrected chi connectivity index (χ4v) is 8.95. The molecule has 10 nitrogen and oxygen atoms in total. The molecule has 1 saturated carbocycles. The summed E-state index contributed by atoms with van der Waals surface area (Å²) in [6.45, 7) is 0. The van der Waals surface area contributed by atoms with E-state index >= 15 is 4.79 Å². The molecule has 3 N–H and O–H groups in total. The predicted octanol–water partition coefficient (Wildman–Crippen LogP) is 6.64. The van der Waals surface area contributed by atoms with Crippen LogP contribution in [0.4, 0.5) is 19.0 Å².